The van der Waals surface area contributed by atoms with Gasteiger partial charge >= 0.3 is 17.9 Å². The van der Waals surface area contributed by atoms with Gasteiger partial charge in [-0.05, 0) is 12.8 Å². The van der Waals surface area contributed by atoms with Crippen LogP contribution >= 0.6 is 0 Å². The van der Waals surface area contributed by atoms with Gasteiger partial charge in [0.25, 0.3) is 0 Å². The van der Waals surface area contributed by atoms with E-state index in [9.17, 15) is 29.7 Å². The third-order valence-corrected chi connectivity index (χ3v) is 7.64. The van der Waals surface area contributed by atoms with Gasteiger partial charge < -0.3 is 44.1 Å². The minimum absolute atomic E-state index is 0.0865. The number of ether oxygens (including phenoxy) is 5. The average Bonchev–Trinajstić information content (AvgIpc) is 3.00. The molecule has 0 saturated carbocycles. The molecule has 1 saturated heterocycles. The zero-order valence-corrected chi connectivity index (χ0v) is 27.0. The summed E-state index contributed by atoms with van der Waals surface area (Å²) in [7, 11) is 0. The Kier molecular flexibility index (Phi) is 22.3. The number of hydrogen-bond acceptors (Lipinski definition) is 12. The first-order valence-electron chi connectivity index (χ1n) is 16.6. The fraction of sp³-hybridized carbons (Fsp3) is 0.906. The molecular weight excluding hydrogens is 576 g/mol. The maximum Gasteiger partial charge on any atom is 0.306 e. The lowest BCUT2D eigenvalue weighted by molar-refractivity contribution is -0.312. The Hall–Kier alpha value is -1.83. The van der Waals surface area contributed by atoms with Gasteiger partial charge in [0.1, 0.15) is 18.3 Å². The molecule has 0 radical (unpaired) electrons. The molecule has 258 valence electrons. The van der Waals surface area contributed by atoms with Gasteiger partial charge in [-0.15, -0.1) is 0 Å². The number of esters is 3. The van der Waals surface area contributed by atoms with Crippen molar-refractivity contribution in [3.63, 3.8) is 0 Å². The van der Waals surface area contributed by atoms with Crippen LogP contribution in [0, 0.1) is 0 Å². The molecule has 1 fully saturated rings. The minimum atomic E-state index is -1.51. The van der Waals surface area contributed by atoms with Crippen molar-refractivity contribution >= 4 is 17.9 Å². The summed E-state index contributed by atoms with van der Waals surface area (Å²) in [5, 5.41) is 39.1. The van der Waals surface area contributed by atoms with E-state index >= 15 is 0 Å². The minimum Gasteiger partial charge on any atom is -0.456 e. The van der Waals surface area contributed by atoms with Gasteiger partial charge in [0.15, 0.2) is 24.6 Å². The molecule has 1 heterocycles. The van der Waals surface area contributed by atoms with Gasteiger partial charge in [-0.2, -0.15) is 0 Å². The molecule has 1 aliphatic rings. The fourth-order valence-electron chi connectivity index (χ4n) is 5.05. The van der Waals surface area contributed by atoms with E-state index in [-0.39, 0.29) is 12.8 Å². The quantitative estimate of drug-likeness (QED) is 0.0654. The second-order valence-electron chi connectivity index (χ2n) is 11.6. The first kappa shape index (κ1) is 40.2. The van der Waals surface area contributed by atoms with Gasteiger partial charge in [0.2, 0.25) is 0 Å². The number of carbonyl (C=O) groups excluding carboxylic acids is 3. The molecule has 0 aromatic carbocycles. The molecular formula is C32H58O12. The normalized spacial score (nSPS) is 23.1. The van der Waals surface area contributed by atoms with Crippen LogP contribution < -0.4 is 0 Å². The molecule has 4 N–H and O–H groups in total. The van der Waals surface area contributed by atoms with Crippen molar-refractivity contribution in [1.29, 1.82) is 0 Å². The van der Waals surface area contributed by atoms with Crippen LogP contribution in [0.2, 0.25) is 0 Å². The maximum absolute atomic E-state index is 13.0. The van der Waals surface area contributed by atoms with Crippen molar-refractivity contribution in [2.75, 3.05) is 19.8 Å². The summed E-state index contributed by atoms with van der Waals surface area (Å²) in [6.07, 6.45) is 4.34. The zero-order valence-electron chi connectivity index (χ0n) is 27.0. The molecule has 1 aliphatic heterocycles. The summed E-state index contributed by atoms with van der Waals surface area (Å²) in [5.41, 5.74) is 0. The Morgan fingerprint density at radius 2 is 1.14 bits per heavy atom. The summed E-state index contributed by atoms with van der Waals surface area (Å²) in [5.74, 6) is -1.92. The molecule has 44 heavy (non-hydrogen) atoms. The first-order valence-corrected chi connectivity index (χ1v) is 16.6. The highest BCUT2D eigenvalue weighted by molar-refractivity contribution is 5.71. The molecule has 0 bridgehead atoms. The Morgan fingerprint density at radius 1 is 0.659 bits per heavy atom. The van der Waals surface area contributed by atoms with E-state index in [1.807, 2.05) is 0 Å². The van der Waals surface area contributed by atoms with Crippen molar-refractivity contribution in [3.05, 3.63) is 0 Å². The second kappa shape index (κ2) is 24.4. The standard InChI is InChI=1S/C32H58O12/c1-4-6-8-10-12-14-16-18-27(38)43-30-29(41-23(3)35)26(21-34)42-32(40-22-25(37)24(36)20-33)31(30)44-28(39)19-17-15-13-11-9-7-5-2/h24-26,29-34,36-37H,4-22H2,1-3H3/t24-,25+,26+,29+,30-,31-,32+/m0/s1. The molecule has 0 aliphatic carbocycles. The highest BCUT2D eigenvalue weighted by Crippen LogP contribution is 2.30. The van der Waals surface area contributed by atoms with Crippen LogP contribution in [0.1, 0.15) is 124 Å². The molecule has 0 aromatic rings. The van der Waals surface area contributed by atoms with Crippen molar-refractivity contribution in [2.45, 2.75) is 166 Å². The van der Waals surface area contributed by atoms with E-state index < -0.39 is 80.6 Å². The highest BCUT2D eigenvalue weighted by atomic mass is 16.7. The molecule has 0 amide bonds. The Labute approximate surface area is 262 Å². The molecule has 0 aromatic heterocycles. The van der Waals surface area contributed by atoms with Gasteiger partial charge in [0.05, 0.1) is 19.8 Å². The van der Waals surface area contributed by atoms with Crippen LogP contribution in [0.5, 0.6) is 0 Å². The van der Waals surface area contributed by atoms with Crippen molar-refractivity contribution in [3.8, 4) is 0 Å². The van der Waals surface area contributed by atoms with E-state index in [1.165, 1.54) is 12.8 Å². The summed E-state index contributed by atoms with van der Waals surface area (Å²) < 4.78 is 28.3. The Morgan fingerprint density at radius 3 is 1.59 bits per heavy atom. The van der Waals surface area contributed by atoms with Crippen LogP contribution in [0.4, 0.5) is 0 Å². The summed E-state index contributed by atoms with van der Waals surface area (Å²) >= 11 is 0. The largest absolute Gasteiger partial charge is 0.456 e. The topological polar surface area (TPSA) is 178 Å². The SMILES string of the molecule is CCCCCCCCCC(=O)O[C@@H]1[C@H](OC(=O)CCCCCCCCC)[C@H](OC[C@@H](O)[C@@H](O)CO)O[C@H](CO)[C@H]1OC(C)=O. The predicted octanol–water partition coefficient (Wildman–Crippen LogP) is 3.47. The maximum atomic E-state index is 13.0. The third-order valence-electron chi connectivity index (χ3n) is 7.64. The van der Waals surface area contributed by atoms with Crippen LogP contribution in [0.15, 0.2) is 0 Å². The van der Waals surface area contributed by atoms with Crippen LogP contribution in [-0.4, -0.2) is 101 Å². The van der Waals surface area contributed by atoms with Crippen LogP contribution in [0.25, 0.3) is 0 Å². The van der Waals surface area contributed by atoms with E-state index in [0.29, 0.717) is 12.8 Å². The molecule has 12 heteroatoms. The van der Waals surface area contributed by atoms with Crippen molar-refractivity contribution < 1.29 is 58.5 Å². The second-order valence-corrected chi connectivity index (χ2v) is 11.6. The summed E-state index contributed by atoms with van der Waals surface area (Å²) in [6, 6.07) is 0. The molecule has 7 atom stereocenters. The van der Waals surface area contributed by atoms with E-state index in [2.05, 4.69) is 13.8 Å². The first-order chi connectivity index (χ1) is 21.2. The number of aliphatic hydroxyl groups is 4. The van der Waals surface area contributed by atoms with Crippen LogP contribution in [-0.2, 0) is 38.1 Å². The van der Waals surface area contributed by atoms with E-state index in [0.717, 1.165) is 71.1 Å². The average molecular weight is 635 g/mol. The monoisotopic (exact) mass is 634 g/mol. The number of carbonyl (C=O) groups is 3. The zero-order chi connectivity index (χ0) is 32.7. The third kappa shape index (κ3) is 16.5. The summed E-state index contributed by atoms with van der Waals surface area (Å²) in [6.45, 7) is 3.54. The lowest BCUT2D eigenvalue weighted by Crippen LogP contribution is -2.63. The Balaban J connectivity index is 3.05. The lowest BCUT2D eigenvalue weighted by atomic mass is 9.98. The smallest absolute Gasteiger partial charge is 0.306 e. The highest BCUT2D eigenvalue weighted by Gasteiger charge is 2.52. The number of aliphatic hydroxyl groups excluding tert-OH is 4. The van der Waals surface area contributed by atoms with Crippen LogP contribution in [0.3, 0.4) is 0 Å². The van der Waals surface area contributed by atoms with Gasteiger partial charge in [0, 0.05) is 19.8 Å². The predicted molar refractivity (Wildman–Crippen MR) is 161 cm³/mol. The van der Waals surface area contributed by atoms with Crippen molar-refractivity contribution in [1.82, 2.24) is 0 Å². The number of rotatable bonds is 25. The van der Waals surface area contributed by atoms with Gasteiger partial charge in [-0.25, -0.2) is 0 Å². The fourth-order valence-corrected chi connectivity index (χ4v) is 5.05. The van der Waals surface area contributed by atoms with E-state index in [1.54, 1.807) is 0 Å². The molecule has 12 nitrogen and oxygen atoms in total. The molecule has 1 rings (SSSR count). The number of unbranched alkanes of at least 4 members (excludes halogenated alkanes) is 12. The van der Waals surface area contributed by atoms with Gasteiger partial charge in [-0.1, -0.05) is 90.9 Å². The lowest BCUT2D eigenvalue weighted by Gasteiger charge is -2.44. The summed E-state index contributed by atoms with van der Waals surface area (Å²) in [4.78, 5) is 37.9. The van der Waals surface area contributed by atoms with E-state index in [4.69, 9.17) is 28.8 Å². The van der Waals surface area contributed by atoms with Crippen molar-refractivity contribution in [2.24, 2.45) is 0 Å². The number of hydrogen-bond donors (Lipinski definition) is 4. The van der Waals surface area contributed by atoms with Gasteiger partial charge in [-0.3, -0.25) is 14.4 Å². The Bertz CT molecular complexity index is 778. The molecule has 0 spiro atoms. The molecule has 0 unspecified atom stereocenters.